The van der Waals surface area contributed by atoms with Gasteiger partial charge < -0.3 is 0 Å². The molecule has 0 aromatic carbocycles. The Morgan fingerprint density at radius 2 is 1.67 bits per heavy atom. The van der Waals surface area contributed by atoms with E-state index in [1.54, 1.807) is 0 Å². The van der Waals surface area contributed by atoms with Gasteiger partial charge in [-0.05, 0) is 29.5 Å². The third-order valence-corrected chi connectivity index (χ3v) is 3.84. The lowest BCUT2D eigenvalue weighted by atomic mass is 9.89. The lowest BCUT2D eigenvalue weighted by Crippen LogP contribution is -2.30. The van der Waals surface area contributed by atoms with E-state index in [0.29, 0.717) is 6.54 Å². The Hall–Kier alpha value is -1.03. The smallest absolute Gasteiger partial charge is 0.253 e. The molecule has 0 saturated carbocycles. The second-order valence-corrected chi connectivity index (χ2v) is 6.14. The topological polar surface area (TPSA) is 37.4 Å². The predicted molar refractivity (Wildman–Crippen MR) is 76.4 cm³/mol. The van der Waals surface area contributed by atoms with Gasteiger partial charge in [-0.25, -0.2) is 0 Å². The molecule has 0 fully saturated rings. The zero-order valence-corrected chi connectivity index (χ0v) is 12.2. The highest BCUT2D eigenvalue weighted by Crippen LogP contribution is 2.20. The molecule has 0 aromatic heterocycles. The molecule has 2 amide bonds. The van der Waals surface area contributed by atoms with Crippen LogP contribution in [0.4, 0.5) is 0 Å². The van der Waals surface area contributed by atoms with Gasteiger partial charge in [-0.3, -0.25) is 14.5 Å². The molecule has 4 heteroatoms. The molecule has 0 atom stereocenters. The second-order valence-electron chi connectivity index (χ2n) is 5.65. The Morgan fingerprint density at radius 3 is 2.17 bits per heavy atom. The Balaban J connectivity index is 2.15. The first-order chi connectivity index (χ1) is 8.32. The van der Waals surface area contributed by atoms with Gasteiger partial charge in [-0.2, -0.15) is 0 Å². The highest BCUT2D eigenvalue weighted by molar-refractivity contribution is 7.80. The number of hydrogen-bond donors (Lipinski definition) is 0. The third-order valence-electron chi connectivity index (χ3n) is 3.02. The average molecular weight is 267 g/mol. The van der Waals surface area contributed by atoms with Gasteiger partial charge in [0.1, 0.15) is 0 Å². The molecule has 0 bridgehead atoms. The summed E-state index contributed by atoms with van der Waals surface area (Å²) in [5.41, 5.74) is 0.0974. The minimum atomic E-state index is -0.190. The van der Waals surface area contributed by atoms with Crippen molar-refractivity contribution in [3.8, 4) is 0 Å². The molecule has 1 aliphatic heterocycles. The molecule has 0 aliphatic carbocycles. The van der Waals surface area contributed by atoms with Gasteiger partial charge in [0.05, 0.1) is 0 Å². The molecule has 3 nitrogen and oxygen atoms in total. The highest BCUT2D eigenvalue weighted by Gasteiger charge is 2.22. The Labute approximate surface area is 114 Å². The molecule has 1 aliphatic rings. The Kier molecular flexibility index (Phi) is 5.20. The van der Waals surface area contributed by atoms with Gasteiger partial charge in [0.25, 0.3) is 11.8 Å². The fourth-order valence-electron chi connectivity index (χ4n) is 1.76. The minimum absolute atomic E-state index is 0.0974. The van der Waals surface area contributed by atoms with E-state index in [2.05, 4.69) is 20.8 Å². The van der Waals surface area contributed by atoms with Crippen LogP contribution in [0.25, 0.3) is 0 Å². The molecule has 0 saturated heterocycles. The van der Waals surface area contributed by atoms with E-state index in [-0.39, 0.29) is 17.2 Å². The van der Waals surface area contributed by atoms with E-state index < -0.39 is 0 Å². The zero-order chi connectivity index (χ0) is 13.8. The number of thiocarbonyl (C=S) groups is 1. The van der Waals surface area contributed by atoms with Gasteiger partial charge >= 0.3 is 0 Å². The van der Waals surface area contributed by atoms with Crippen molar-refractivity contribution >= 4 is 28.9 Å². The molecule has 1 rings (SSSR count). The molecule has 0 unspecified atom stereocenters. The minimum Gasteiger partial charge on any atom is -0.275 e. The summed E-state index contributed by atoms with van der Waals surface area (Å²) in [7, 11) is 0. The number of amides is 2. The maximum atomic E-state index is 11.3. The molecular weight excluding hydrogens is 246 g/mol. The molecule has 1 heterocycles. The maximum absolute atomic E-state index is 11.3. The highest BCUT2D eigenvalue weighted by atomic mass is 32.1. The number of imide groups is 1. The molecule has 18 heavy (non-hydrogen) atoms. The summed E-state index contributed by atoms with van der Waals surface area (Å²) in [4.78, 5) is 25.0. The van der Waals surface area contributed by atoms with Crippen LogP contribution < -0.4 is 0 Å². The summed E-state index contributed by atoms with van der Waals surface area (Å²) in [6, 6.07) is 0. The number of carbonyl (C=O) groups excluding carboxylic acids is 2. The first-order valence-corrected chi connectivity index (χ1v) is 6.80. The average Bonchev–Trinajstić information content (AvgIpc) is 2.58. The van der Waals surface area contributed by atoms with E-state index in [9.17, 15) is 9.59 Å². The first kappa shape index (κ1) is 15.0. The number of carbonyl (C=O) groups is 2. The number of rotatable bonds is 6. The molecular formula is C14H21NO2S. The van der Waals surface area contributed by atoms with Crippen LogP contribution in [0.5, 0.6) is 0 Å². The van der Waals surface area contributed by atoms with Crippen LogP contribution >= 0.6 is 12.2 Å². The van der Waals surface area contributed by atoms with Crippen molar-refractivity contribution in [3.63, 3.8) is 0 Å². The van der Waals surface area contributed by atoms with Gasteiger partial charge in [-0.1, -0.05) is 39.4 Å². The van der Waals surface area contributed by atoms with Crippen LogP contribution in [-0.2, 0) is 9.59 Å². The summed E-state index contributed by atoms with van der Waals surface area (Å²) in [5, 5.41) is 0. The van der Waals surface area contributed by atoms with E-state index in [1.807, 2.05) is 0 Å². The van der Waals surface area contributed by atoms with Crippen molar-refractivity contribution in [2.75, 3.05) is 6.54 Å². The van der Waals surface area contributed by atoms with Crippen LogP contribution in [0.1, 0.15) is 46.5 Å². The maximum Gasteiger partial charge on any atom is 0.253 e. The standard InChI is InChI=1S/C14H21NO2S/c1-14(2,3)11(18)7-5-4-6-10-15-12(16)8-9-13(15)17/h8-9H,4-7,10H2,1-3H3. The number of unbranched alkanes of at least 4 members (excludes halogenated alkanes) is 2. The van der Waals surface area contributed by atoms with Crippen LogP contribution in [-0.4, -0.2) is 28.1 Å². The summed E-state index contributed by atoms with van der Waals surface area (Å²) < 4.78 is 0. The monoisotopic (exact) mass is 267 g/mol. The van der Waals surface area contributed by atoms with Crippen molar-refractivity contribution in [2.45, 2.75) is 46.5 Å². The van der Waals surface area contributed by atoms with Crippen LogP contribution in [0.3, 0.4) is 0 Å². The SMILES string of the molecule is CC(C)(C)C(=S)CCCCCN1C(=O)C=CC1=O. The van der Waals surface area contributed by atoms with Crippen LogP contribution in [0.15, 0.2) is 12.2 Å². The predicted octanol–water partition coefficient (Wildman–Crippen LogP) is 2.89. The fourth-order valence-corrected chi connectivity index (χ4v) is 1.90. The Morgan fingerprint density at radius 1 is 1.11 bits per heavy atom. The van der Waals surface area contributed by atoms with Crippen molar-refractivity contribution in [2.24, 2.45) is 5.41 Å². The van der Waals surface area contributed by atoms with Crippen molar-refractivity contribution in [3.05, 3.63) is 12.2 Å². The third kappa shape index (κ3) is 4.33. The summed E-state index contributed by atoms with van der Waals surface area (Å²) >= 11 is 5.36. The molecule has 0 aromatic rings. The van der Waals surface area contributed by atoms with Gasteiger partial charge in [0.15, 0.2) is 0 Å². The van der Waals surface area contributed by atoms with Gasteiger partial charge in [-0.15, -0.1) is 0 Å². The normalized spacial score (nSPS) is 15.6. The lowest BCUT2D eigenvalue weighted by Gasteiger charge is -2.20. The molecule has 0 spiro atoms. The van der Waals surface area contributed by atoms with E-state index in [1.165, 1.54) is 17.1 Å². The first-order valence-electron chi connectivity index (χ1n) is 6.39. The lowest BCUT2D eigenvalue weighted by molar-refractivity contribution is -0.136. The van der Waals surface area contributed by atoms with Crippen molar-refractivity contribution < 1.29 is 9.59 Å². The molecule has 0 N–H and O–H groups in total. The summed E-state index contributed by atoms with van der Waals surface area (Å²) in [5.74, 6) is -0.379. The van der Waals surface area contributed by atoms with E-state index in [4.69, 9.17) is 12.2 Å². The quantitative estimate of drug-likeness (QED) is 0.422. The second kappa shape index (κ2) is 6.23. The van der Waals surface area contributed by atoms with Gasteiger partial charge in [0, 0.05) is 18.7 Å². The molecule has 0 radical (unpaired) electrons. The number of nitrogens with zero attached hydrogens (tertiary/aromatic N) is 1. The van der Waals surface area contributed by atoms with Crippen LogP contribution in [0, 0.1) is 5.41 Å². The van der Waals surface area contributed by atoms with Crippen LogP contribution in [0.2, 0.25) is 0 Å². The van der Waals surface area contributed by atoms with E-state index >= 15 is 0 Å². The van der Waals surface area contributed by atoms with E-state index in [0.717, 1.165) is 30.5 Å². The van der Waals surface area contributed by atoms with Crippen molar-refractivity contribution in [1.82, 2.24) is 4.90 Å². The molecule has 100 valence electrons. The zero-order valence-electron chi connectivity index (χ0n) is 11.4. The fraction of sp³-hybridized carbons (Fsp3) is 0.643. The Bertz CT molecular complexity index is 362. The largest absolute Gasteiger partial charge is 0.275 e. The number of hydrogen-bond acceptors (Lipinski definition) is 3. The summed E-state index contributed by atoms with van der Waals surface area (Å²) in [6.07, 6.45) is 6.48. The summed E-state index contributed by atoms with van der Waals surface area (Å²) in [6.45, 7) is 6.90. The van der Waals surface area contributed by atoms with Crippen molar-refractivity contribution in [1.29, 1.82) is 0 Å². The van der Waals surface area contributed by atoms with Gasteiger partial charge in [0.2, 0.25) is 0 Å².